The zero-order chi connectivity index (χ0) is 23.9. The SMILES string of the molecule is N[C@@H](Cc1ccc(O)cc1)C(=O)N(C(=O)[C@@H]1CCCN1)[C@@H](Cc1ccccn1)c1ccccc1. The van der Waals surface area contributed by atoms with Gasteiger partial charge in [-0.05, 0) is 61.2 Å². The molecule has 1 saturated heterocycles. The molecule has 3 atom stereocenters. The summed E-state index contributed by atoms with van der Waals surface area (Å²) in [5.74, 6) is -0.530. The Kier molecular flexibility index (Phi) is 7.67. The van der Waals surface area contributed by atoms with Gasteiger partial charge < -0.3 is 16.2 Å². The molecule has 2 aromatic carbocycles. The van der Waals surface area contributed by atoms with Crippen molar-refractivity contribution in [3.63, 3.8) is 0 Å². The fourth-order valence-electron chi connectivity index (χ4n) is 4.38. The molecule has 1 aliphatic rings. The van der Waals surface area contributed by atoms with Gasteiger partial charge in [-0.15, -0.1) is 0 Å². The number of carbonyl (C=O) groups excluding carboxylic acids is 2. The first kappa shape index (κ1) is 23.6. The molecule has 0 spiro atoms. The van der Waals surface area contributed by atoms with E-state index in [4.69, 9.17) is 5.73 Å². The third kappa shape index (κ3) is 5.68. The first-order valence-corrected chi connectivity index (χ1v) is 11.6. The number of nitrogens with two attached hydrogens (primary N) is 1. The molecule has 0 radical (unpaired) electrons. The number of hydrogen-bond donors (Lipinski definition) is 3. The number of carbonyl (C=O) groups is 2. The van der Waals surface area contributed by atoms with Crippen LogP contribution >= 0.6 is 0 Å². The maximum atomic E-state index is 13.8. The summed E-state index contributed by atoms with van der Waals surface area (Å²) in [4.78, 5) is 33.3. The van der Waals surface area contributed by atoms with E-state index in [2.05, 4.69) is 10.3 Å². The van der Waals surface area contributed by atoms with Crippen molar-refractivity contribution >= 4 is 11.8 Å². The second kappa shape index (κ2) is 11.0. The number of rotatable bonds is 8. The van der Waals surface area contributed by atoms with Crippen molar-refractivity contribution in [2.45, 2.75) is 43.8 Å². The highest BCUT2D eigenvalue weighted by atomic mass is 16.3. The van der Waals surface area contributed by atoms with Crippen molar-refractivity contribution in [3.8, 4) is 5.75 Å². The maximum absolute atomic E-state index is 13.8. The summed E-state index contributed by atoms with van der Waals surface area (Å²) in [6.07, 6.45) is 3.92. The predicted octanol–water partition coefficient (Wildman–Crippen LogP) is 2.75. The summed E-state index contributed by atoms with van der Waals surface area (Å²) in [5.41, 5.74) is 8.84. The number of nitrogens with zero attached hydrogens (tertiary/aromatic N) is 2. The molecule has 1 fully saturated rings. The Bertz CT molecular complexity index is 1080. The third-order valence-electron chi connectivity index (χ3n) is 6.17. The van der Waals surface area contributed by atoms with Crippen molar-refractivity contribution in [1.29, 1.82) is 0 Å². The normalized spacial score (nSPS) is 17.1. The van der Waals surface area contributed by atoms with Crippen molar-refractivity contribution in [2.24, 2.45) is 5.73 Å². The van der Waals surface area contributed by atoms with Crippen molar-refractivity contribution < 1.29 is 14.7 Å². The van der Waals surface area contributed by atoms with Crippen molar-refractivity contribution in [2.75, 3.05) is 6.54 Å². The van der Waals surface area contributed by atoms with Gasteiger partial charge in [0, 0.05) is 18.3 Å². The minimum Gasteiger partial charge on any atom is -0.508 e. The highest BCUT2D eigenvalue weighted by molar-refractivity contribution is 6.00. The summed E-state index contributed by atoms with van der Waals surface area (Å²) < 4.78 is 0. The van der Waals surface area contributed by atoms with Crippen LogP contribution in [-0.2, 0) is 22.4 Å². The van der Waals surface area contributed by atoms with Crippen LogP contribution in [-0.4, -0.2) is 45.4 Å². The van der Waals surface area contributed by atoms with Gasteiger partial charge in [0.05, 0.1) is 18.1 Å². The zero-order valence-corrected chi connectivity index (χ0v) is 19.0. The number of amides is 2. The molecule has 34 heavy (non-hydrogen) atoms. The van der Waals surface area contributed by atoms with E-state index in [-0.39, 0.29) is 18.1 Å². The molecule has 4 N–H and O–H groups in total. The topological polar surface area (TPSA) is 109 Å². The fraction of sp³-hybridized carbons (Fsp3) is 0.296. The quantitative estimate of drug-likeness (QED) is 0.479. The van der Waals surface area contributed by atoms with Crippen LogP contribution in [0.25, 0.3) is 0 Å². The van der Waals surface area contributed by atoms with Crippen LogP contribution in [0.15, 0.2) is 79.0 Å². The van der Waals surface area contributed by atoms with Crippen LogP contribution in [0.2, 0.25) is 0 Å². The summed E-state index contributed by atoms with van der Waals surface area (Å²) in [6.45, 7) is 0.744. The number of hydrogen-bond acceptors (Lipinski definition) is 6. The van der Waals surface area contributed by atoms with Gasteiger partial charge in [-0.2, -0.15) is 0 Å². The van der Waals surface area contributed by atoms with Gasteiger partial charge in [-0.25, -0.2) is 0 Å². The Balaban J connectivity index is 1.68. The standard InChI is InChI=1S/C27H30N4O3/c28-23(17-19-11-13-22(32)14-12-19)26(33)31(27(34)24-10-6-16-30-24)25(20-7-2-1-3-8-20)18-21-9-4-5-15-29-21/h1-5,7-9,11-15,23-25,30,32H,6,10,16-18,28H2/t23-,24-,25-/m0/s1. The summed E-state index contributed by atoms with van der Waals surface area (Å²) >= 11 is 0. The predicted molar refractivity (Wildman–Crippen MR) is 130 cm³/mol. The molecule has 4 rings (SSSR count). The molecule has 1 aliphatic heterocycles. The first-order chi connectivity index (χ1) is 16.5. The highest BCUT2D eigenvalue weighted by Gasteiger charge is 2.38. The van der Waals surface area contributed by atoms with Gasteiger partial charge >= 0.3 is 0 Å². The van der Waals surface area contributed by atoms with Crippen LogP contribution in [0.3, 0.4) is 0 Å². The Hall–Kier alpha value is -3.55. The van der Waals surface area contributed by atoms with Gasteiger partial charge in [-0.1, -0.05) is 48.5 Å². The molecule has 1 aromatic heterocycles. The molecule has 7 heteroatoms. The third-order valence-corrected chi connectivity index (χ3v) is 6.17. The second-order valence-electron chi connectivity index (χ2n) is 8.62. The minimum atomic E-state index is -0.912. The van der Waals surface area contributed by atoms with E-state index in [1.54, 1.807) is 30.5 Å². The molecule has 3 aromatic rings. The summed E-state index contributed by atoms with van der Waals surface area (Å²) in [6, 6.07) is 19.9. The van der Waals surface area contributed by atoms with Gasteiger partial charge in [0.2, 0.25) is 11.8 Å². The lowest BCUT2D eigenvalue weighted by atomic mass is 9.96. The van der Waals surface area contributed by atoms with Gasteiger partial charge in [0.25, 0.3) is 0 Å². The smallest absolute Gasteiger partial charge is 0.247 e. The maximum Gasteiger partial charge on any atom is 0.247 e. The molecule has 0 unspecified atom stereocenters. The fourth-order valence-corrected chi connectivity index (χ4v) is 4.38. The number of aromatic hydroxyl groups is 1. The summed E-state index contributed by atoms with van der Waals surface area (Å²) in [7, 11) is 0. The van der Waals surface area contributed by atoms with Crippen LogP contribution < -0.4 is 11.1 Å². The molecule has 2 amide bonds. The van der Waals surface area contributed by atoms with E-state index in [0.717, 1.165) is 29.8 Å². The summed E-state index contributed by atoms with van der Waals surface area (Å²) in [5, 5.41) is 12.8. The zero-order valence-electron chi connectivity index (χ0n) is 19.0. The average Bonchev–Trinajstić information content (AvgIpc) is 3.41. The molecular formula is C27H30N4O3. The van der Waals surface area contributed by atoms with Crippen LogP contribution in [0, 0.1) is 0 Å². The van der Waals surface area contributed by atoms with Crippen LogP contribution in [0.4, 0.5) is 0 Å². The number of phenolic OH excluding ortho intramolecular Hbond substituents is 1. The average molecular weight is 459 g/mol. The van der Waals surface area contributed by atoms with E-state index in [0.29, 0.717) is 12.8 Å². The van der Waals surface area contributed by atoms with E-state index in [1.807, 2.05) is 48.5 Å². The molecule has 0 aliphatic carbocycles. The number of phenols is 1. The van der Waals surface area contributed by atoms with E-state index in [9.17, 15) is 14.7 Å². The number of benzene rings is 2. The van der Waals surface area contributed by atoms with E-state index in [1.165, 1.54) is 4.90 Å². The Labute approximate surface area is 199 Å². The Morgan fingerprint density at radius 3 is 2.41 bits per heavy atom. The largest absolute Gasteiger partial charge is 0.508 e. The van der Waals surface area contributed by atoms with Gasteiger partial charge in [0.15, 0.2) is 0 Å². The molecule has 7 nitrogen and oxygen atoms in total. The minimum absolute atomic E-state index is 0.146. The molecule has 0 bridgehead atoms. The Morgan fingerprint density at radius 1 is 1.03 bits per heavy atom. The lowest BCUT2D eigenvalue weighted by molar-refractivity contribution is -0.150. The number of nitrogens with one attached hydrogen (secondary N) is 1. The van der Waals surface area contributed by atoms with Crippen molar-refractivity contribution in [1.82, 2.24) is 15.2 Å². The van der Waals surface area contributed by atoms with Crippen molar-refractivity contribution in [3.05, 3.63) is 95.8 Å². The Morgan fingerprint density at radius 2 is 1.76 bits per heavy atom. The van der Waals surface area contributed by atoms with Crippen LogP contribution in [0.5, 0.6) is 5.75 Å². The lowest BCUT2D eigenvalue weighted by Gasteiger charge is -2.34. The second-order valence-corrected chi connectivity index (χ2v) is 8.62. The van der Waals surface area contributed by atoms with Crippen LogP contribution in [0.1, 0.15) is 35.7 Å². The number of aromatic nitrogens is 1. The number of pyridine rings is 1. The number of imide groups is 1. The van der Waals surface area contributed by atoms with Gasteiger partial charge in [0.1, 0.15) is 5.75 Å². The molecule has 2 heterocycles. The monoisotopic (exact) mass is 458 g/mol. The van der Waals surface area contributed by atoms with Gasteiger partial charge in [-0.3, -0.25) is 19.5 Å². The highest BCUT2D eigenvalue weighted by Crippen LogP contribution is 2.28. The lowest BCUT2D eigenvalue weighted by Crippen LogP contribution is -2.54. The van der Waals surface area contributed by atoms with E-state index >= 15 is 0 Å². The first-order valence-electron chi connectivity index (χ1n) is 11.6. The molecule has 176 valence electrons. The molecule has 0 saturated carbocycles. The van der Waals surface area contributed by atoms with E-state index < -0.39 is 24.0 Å². The molecular weight excluding hydrogens is 428 g/mol.